The fraction of sp³-hybridized carbons (Fsp3) is 0.385. The van der Waals surface area contributed by atoms with Crippen LogP contribution in [0.4, 0.5) is 13.2 Å². The van der Waals surface area contributed by atoms with E-state index in [0.29, 0.717) is 12.8 Å². The van der Waals surface area contributed by atoms with Crippen molar-refractivity contribution in [1.82, 2.24) is 25.5 Å². The molecule has 3 rings (SSSR count). The Morgan fingerprint density at radius 1 is 1.39 bits per heavy atom. The molecule has 0 radical (unpaired) electrons. The molecule has 23 heavy (non-hydrogen) atoms. The van der Waals surface area contributed by atoms with E-state index in [1.807, 2.05) is 0 Å². The first-order valence-electron chi connectivity index (χ1n) is 6.69. The SMILES string of the molecule is O=C(Cn1cnnn1)NC1(c2cc(C(F)(F)F)ccc2Cl)CC1. The van der Waals surface area contributed by atoms with Gasteiger partial charge in [0, 0.05) is 5.02 Å². The first-order valence-corrected chi connectivity index (χ1v) is 7.07. The summed E-state index contributed by atoms with van der Waals surface area (Å²) in [6.07, 6.45) is -2.15. The normalized spacial score (nSPS) is 16.2. The van der Waals surface area contributed by atoms with E-state index in [1.54, 1.807) is 0 Å². The third-order valence-corrected chi connectivity index (χ3v) is 3.96. The maximum atomic E-state index is 12.9. The number of benzene rings is 1. The molecular weight excluding hydrogens is 335 g/mol. The summed E-state index contributed by atoms with van der Waals surface area (Å²) < 4.78 is 39.8. The quantitative estimate of drug-likeness (QED) is 0.921. The molecule has 0 saturated heterocycles. The Labute approximate surface area is 133 Å². The van der Waals surface area contributed by atoms with Crippen molar-refractivity contribution < 1.29 is 18.0 Å². The maximum Gasteiger partial charge on any atom is 0.416 e. The molecule has 122 valence electrons. The van der Waals surface area contributed by atoms with Gasteiger partial charge in [-0.2, -0.15) is 13.2 Å². The van der Waals surface area contributed by atoms with Crippen LogP contribution in [0, 0.1) is 0 Å². The Kier molecular flexibility index (Phi) is 3.75. The molecule has 1 amide bonds. The predicted octanol–water partition coefficient (Wildman–Crippen LogP) is 2.15. The van der Waals surface area contributed by atoms with Crippen molar-refractivity contribution in [2.75, 3.05) is 0 Å². The van der Waals surface area contributed by atoms with Crippen LogP contribution in [-0.4, -0.2) is 26.1 Å². The maximum absolute atomic E-state index is 12.9. The molecule has 0 unspecified atom stereocenters. The van der Waals surface area contributed by atoms with Crippen molar-refractivity contribution in [1.29, 1.82) is 0 Å². The second-order valence-corrected chi connectivity index (χ2v) is 5.74. The van der Waals surface area contributed by atoms with Gasteiger partial charge < -0.3 is 5.32 Å². The second kappa shape index (κ2) is 5.48. The standard InChI is InChI=1S/C13H11ClF3N5O/c14-10-2-1-8(13(15,16)17)5-9(10)12(3-4-12)19-11(23)6-22-7-18-20-21-22/h1-2,5,7H,3-4,6H2,(H,19,23). The van der Waals surface area contributed by atoms with Gasteiger partial charge in [-0.15, -0.1) is 5.10 Å². The van der Waals surface area contributed by atoms with Gasteiger partial charge in [-0.1, -0.05) is 11.6 Å². The molecule has 6 nitrogen and oxygen atoms in total. The third kappa shape index (κ3) is 3.29. The van der Waals surface area contributed by atoms with Crippen LogP contribution in [0.25, 0.3) is 0 Å². The summed E-state index contributed by atoms with van der Waals surface area (Å²) in [4.78, 5) is 12.0. The Balaban J connectivity index is 1.81. The molecule has 1 aliphatic rings. The van der Waals surface area contributed by atoms with E-state index < -0.39 is 23.2 Å². The zero-order valence-corrected chi connectivity index (χ0v) is 12.4. The van der Waals surface area contributed by atoms with Crippen LogP contribution in [0.2, 0.25) is 5.02 Å². The second-order valence-electron chi connectivity index (χ2n) is 5.33. The van der Waals surface area contributed by atoms with Crippen LogP contribution in [0.1, 0.15) is 24.0 Å². The van der Waals surface area contributed by atoms with E-state index in [1.165, 1.54) is 17.1 Å². The number of hydrogen-bond acceptors (Lipinski definition) is 4. The van der Waals surface area contributed by atoms with E-state index in [4.69, 9.17) is 11.6 Å². The van der Waals surface area contributed by atoms with E-state index in [0.717, 1.165) is 12.1 Å². The third-order valence-electron chi connectivity index (χ3n) is 3.64. The summed E-state index contributed by atoms with van der Waals surface area (Å²) in [6, 6.07) is 3.12. The van der Waals surface area contributed by atoms with Crippen LogP contribution in [0.3, 0.4) is 0 Å². The highest BCUT2D eigenvalue weighted by atomic mass is 35.5. The number of nitrogens with zero attached hydrogens (tertiary/aromatic N) is 4. The molecule has 0 aliphatic heterocycles. The lowest BCUT2D eigenvalue weighted by atomic mass is 10.0. The number of carbonyl (C=O) groups excluding carboxylic acids is 1. The summed E-state index contributed by atoms with van der Waals surface area (Å²) in [5.41, 5.74) is -1.37. The number of alkyl halides is 3. The lowest BCUT2D eigenvalue weighted by Crippen LogP contribution is -2.37. The first kappa shape index (κ1) is 15.7. The van der Waals surface area contributed by atoms with Crippen LogP contribution in [0.15, 0.2) is 24.5 Å². The number of halogens is 4. The smallest absolute Gasteiger partial charge is 0.345 e. The zero-order valence-electron chi connectivity index (χ0n) is 11.6. The molecule has 1 saturated carbocycles. The largest absolute Gasteiger partial charge is 0.416 e. The summed E-state index contributed by atoms with van der Waals surface area (Å²) in [6.45, 7) is -0.120. The number of tetrazole rings is 1. The molecule has 1 aromatic carbocycles. The van der Waals surface area contributed by atoms with Gasteiger partial charge in [-0.05, 0) is 47.0 Å². The molecule has 1 fully saturated rings. The lowest BCUT2D eigenvalue weighted by Gasteiger charge is -2.20. The number of nitrogens with one attached hydrogen (secondary N) is 1. The zero-order chi connectivity index (χ0) is 16.7. The topological polar surface area (TPSA) is 72.7 Å². The molecule has 1 N–H and O–H groups in total. The summed E-state index contributed by atoms with van der Waals surface area (Å²) in [5.74, 6) is -0.400. The van der Waals surface area contributed by atoms with E-state index >= 15 is 0 Å². The monoisotopic (exact) mass is 345 g/mol. The van der Waals surface area contributed by atoms with Gasteiger partial charge in [0.15, 0.2) is 0 Å². The van der Waals surface area contributed by atoms with Crippen molar-refractivity contribution in [2.24, 2.45) is 0 Å². The summed E-state index contributed by atoms with van der Waals surface area (Å²) in [7, 11) is 0. The minimum Gasteiger partial charge on any atom is -0.345 e. The fourth-order valence-corrected chi connectivity index (χ4v) is 2.66. The van der Waals surface area contributed by atoms with Crippen LogP contribution >= 0.6 is 11.6 Å². The van der Waals surface area contributed by atoms with Gasteiger partial charge in [0.2, 0.25) is 5.91 Å². The van der Waals surface area contributed by atoms with E-state index in [2.05, 4.69) is 20.8 Å². The van der Waals surface area contributed by atoms with Gasteiger partial charge >= 0.3 is 6.18 Å². The first-order chi connectivity index (χ1) is 10.8. The predicted molar refractivity (Wildman–Crippen MR) is 73.3 cm³/mol. The molecule has 1 aromatic heterocycles. The van der Waals surface area contributed by atoms with Gasteiger partial charge in [-0.3, -0.25) is 4.79 Å². The van der Waals surface area contributed by atoms with Crippen LogP contribution in [-0.2, 0) is 23.1 Å². The lowest BCUT2D eigenvalue weighted by molar-refractivity contribution is -0.137. The minimum atomic E-state index is -4.47. The Hall–Kier alpha value is -2.16. The molecule has 0 bridgehead atoms. The minimum absolute atomic E-state index is 0.120. The van der Waals surface area contributed by atoms with Crippen LogP contribution in [0.5, 0.6) is 0 Å². The van der Waals surface area contributed by atoms with Crippen molar-refractivity contribution in [2.45, 2.75) is 31.1 Å². The van der Waals surface area contributed by atoms with Gasteiger partial charge in [0.1, 0.15) is 12.9 Å². The van der Waals surface area contributed by atoms with E-state index in [-0.39, 0.29) is 17.1 Å². The molecular formula is C13H11ClF3N5O. The number of hydrogen-bond donors (Lipinski definition) is 1. The molecule has 10 heteroatoms. The molecule has 0 atom stereocenters. The average molecular weight is 346 g/mol. The summed E-state index contributed by atoms with van der Waals surface area (Å²) in [5, 5.41) is 13.3. The van der Waals surface area contributed by atoms with E-state index in [9.17, 15) is 18.0 Å². The highest BCUT2D eigenvalue weighted by molar-refractivity contribution is 6.31. The molecule has 0 spiro atoms. The average Bonchev–Trinajstić information content (AvgIpc) is 3.04. The number of amides is 1. The highest BCUT2D eigenvalue weighted by Gasteiger charge is 2.48. The van der Waals surface area contributed by atoms with Crippen molar-refractivity contribution in [3.05, 3.63) is 40.7 Å². The number of aromatic nitrogens is 4. The van der Waals surface area contributed by atoms with Crippen molar-refractivity contribution in [3.63, 3.8) is 0 Å². The Morgan fingerprint density at radius 2 is 2.13 bits per heavy atom. The Morgan fingerprint density at radius 3 is 2.70 bits per heavy atom. The number of carbonyl (C=O) groups is 1. The van der Waals surface area contributed by atoms with Gasteiger partial charge in [0.05, 0.1) is 11.1 Å². The fourth-order valence-electron chi connectivity index (χ4n) is 2.36. The van der Waals surface area contributed by atoms with Crippen LogP contribution < -0.4 is 5.32 Å². The molecule has 1 heterocycles. The number of rotatable bonds is 4. The highest BCUT2D eigenvalue weighted by Crippen LogP contribution is 2.49. The summed E-state index contributed by atoms with van der Waals surface area (Å²) >= 11 is 6.04. The van der Waals surface area contributed by atoms with Crippen molar-refractivity contribution >= 4 is 17.5 Å². The molecule has 2 aromatic rings. The van der Waals surface area contributed by atoms with Crippen molar-refractivity contribution in [3.8, 4) is 0 Å². The Bertz CT molecular complexity index is 728. The van der Waals surface area contributed by atoms with Gasteiger partial charge in [0.25, 0.3) is 0 Å². The molecule has 1 aliphatic carbocycles. The van der Waals surface area contributed by atoms with Gasteiger partial charge in [-0.25, -0.2) is 4.68 Å².